The molecule has 5 aromatic heterocycles. The molecule has 0 saturated heterocycles. The minimum Gasteiger partial charge on any atom is -0.454 e. The molecule has 0 spiro atoms. The maximum absolute atomic E-state index is 6.12. The van der Waals surface area contributed by atoms with Crippen molar-refractivity contribution in [3.8, 4) is 5.69 Å². The van der Waals surface area contributed by atoms with E-state index in [1.165, 1.54) is 21.8 Å². The van der Waals surface area contributed by atoms with Gasteiger partial charge in [0.1, 0.15) is 11.2 Å². The number of fused-ring (bicyclic) bond motifs is 9. The van der Waals surface area contributed by atoms with E-state index in [2.05, 4.69) is 116 Å². The summed E-state index contributed by atoms with van der Waals surface area (Å²) in [5, 5.41) is 6.66. The van der Waals surface area contributed by atoms with Gasteiger partial charge in [0.15, 0.2) is 11.2 Å². The molecule has 0 saturated carbocycles. The first-order valence-electron chi connectivity index (χ1n) is 15.2. The lowest BCUT2D eigenvalue weighted by atomic mass is 10.1. The van der Waals surface area contributed by atoms with Crippen molar-refractivity contribution in [3.63, 3.8) is 0 Å². The van der Waals surface area contributed by atoms with Crippen LogP contribution in [0.3, 0.4) is 0 Å². The van der Waals surface area contributed by atoms with E-state index in [0.717, 1.165) is 66.6 Å². The molecule has 0 atom stereocenters. The highest BCUT2D eigenvalue weighted by Crippen LogP contribution is 2.41. The van der Waals surface area contributed by atoms with Gasteiger partial charge in [-0.3, -0.25) is 9.97 Å². The van der Waals surface area contributed by atoms with Gasteiger partial charge >= 0.3 is 0 Å². The fourth-order valence-corrected chi connectivity index (χ4v) is 6.92. The number of benzene rings is 5. The van der Waals surface area contributed by atoms with E-state index >= 15 is 0 Å². The number of furan rings is 2. The molecule has 0 amide bonds. The van der Waals surface area contributed by atoms with Crippen LogP contribution >= 0.6 is 0 Å². The third-order valence-corrected chi connectivity index (χ3v) is 8.98. The molecule has 10 aromatic rings. The number of para-hydroxylation sites is 2. The summed E-state index contributed by atoms with van der Waals surface area (Å²) in [4.78, 5) is 10.8. The molecule has 216 valence electrons. The summed E-state index contributed by atoms with van der Waals surface area (Å²) in [6.07, 6.45) is 7.16. The van der Waals surface area contributed by atoms with Crippen molar-refractivity contribution >= 4 is 82.7 Å². The summed E-state index contributed by atoms with van der Waals surface area (Å²) in [6.45, 7) is 0. The number of pyridine rings is 2. The van der Waals surface area contributed by atoms with Gasteiger partial charge in [-0.25, -0.2) is 0 Å². The summed E-state index contributed by atoms with van der Waals surface area (Å²) >= 11 is 0. The molecule has 0 N–H and O–H groups in total. The van der Waals surface area contributed by atoms with Gasteiger partial charge in [0, 0.05) is 67.5 Å². The van der Waals surface area contributed by atoms with E-state index in [1.54, 1.807) is 12.4 Å². The summed E-state index contributed by atoms with van der Waals surface area (Å²) in [5.41, 5.74) is 9.76. The average Bonchev–Trinajstić information content (AvgIpc) is 3.78. The second kappa shape index (κ2) is 9.55. The van der Waals surface area contributed by atoms with E-state index in [4.69, 9.17) is 8.83 Å². The summed E-state index contributed by atoms with van der Waals surface area (Å²) < 4.78 is 14.6. The first-order chi connectivity index (χ1) is 22.8. The SMILES string of the molecule is c1ccc2c(c1)c1ccccc1n2-c1ccc(N(c2ccc3oc4cnccc4c3c2)c2ccc3oc4cnccc4c3c2)cc1. The van der Waals surface area contributed by atoms with Gasteiger partial charge in [0.2, 0.25) is 0 Å². The molecule has 46 heavy (non-hydrogen) atoms. The molecule has 0 aliphatic rings. The third kappa shape index (κ3) is 3.64. The van der Waals surface area contributed by atoms with E-state index in [1.807, 2.05) is 36.7 Å². The predicted molar refractivity (Wildman–Crippen MR) is 186 cm³/mol. The Morgan fingerprint density at radius 2 is 0.935 bits per heavy atom. The smallest absolute Gasteiger partial charge is 0.153 e. The number of rotatable bonds is 4. The van der Waals surface area contributed by atoms with Crippen molar-refractivity contribution in [2.24, 2.45) is 0 Å². The van der Waals surface area contributed by atoms with Gasteiger partial charge in [-0.1, -0.05) is 36.4 Å². The molecule has 0 fully saturated rings. The third-order valence-electron chi connectivity index (χ3n) is 8.98. The van der Waals surface area contributed by atoms with Crippen LogP contribution in [0.1, 0.15) is 0 Å². The maximum Gasteiger partial charge on any atom is 0.153 e. The number of hydrogen-bond donors (Lipinski definition) is 0. The Morgan fingerprint density at radius 1 is 0.435 bits per heavy atom. The van der Waals surface area contributed by atoms with E-state index in [0.29, 0.717) is 0 Å². The molecule has 0 radical (unpaired) electrons. The Hall–Kier alpha value is -6.40. The zero-order valence-corrected chi connectivity index (χ0v) is 24.5. The van der Waals surface area contributed by atoms with Crippen LogP contribution in [-0.4, -0.2) is 14.5 Å². The molecular formula is C40H24N4O2. The zero-order chi connectivity index (χ0) is 30.2. The standard InChI is InChI=1S/C40H24N4O2/c1-3-7-35-29(5-1)30-6-2-4-8-36(30)44(35)26-11-9-25(10-12-26)43(27-13-15-37-33(21-27)31-17-19-41-23-39(31)45-37)28-14-16-38-34(22-28)32-18-20-42-24-40(32)46-38/h1-24H. The van der Waals surface area contributed by atoms with Crippen LogP contribution in [0, 0.1) is 0 Å². The molecule has 0 aliphatic carbocycles. The lowest BCUT2D eigenvalue weighted by Gasteiger charge is -2.26. The second-order valence-electron chi connectivity index (χ2n) is 11.5. The largest absolute Gasteiger partial charge is 0.454 e. The van der Waals surface area contributed by atoms with E-state index in [9.17, 15) is 0 Å². The van der Waals surface area contributed by atoms with Crippen LogP contribution in [0.15, 0.2) is 155 Å². The number of nitrogens with zero attached hydrogens (tertiary/aromatic N) is 4. The molecule has 0 unspecified atom stereocenters. The first-order valence-corrected chi connectivity index (χ1v) is 15.2. The lowest BCUT2D eigenvalue weighted by molar-refractivity contribution is 0.666. The molecule has 5 heterocycles. The Morgan fingerprint density at radius 3 is 1.48 bits per heavy atom. The van der Waals surface area contributed by atoms with E-state index in [-0.39, 0.29) is 0 Å². The minimum absolute atomic E-state index is 0.775. The fourth-order valence-electron chi connectivity index (χ4n) is 6.92. The Bertz CT molecular complexity index is 2600. The molecule has 0 bridgehead atoms. The zero-order valence-electron chi connectivity index (χ0n) is 24.5. The predicted octanol–water partition coefficient (Wildman–Crippen LogP) is 10.8. The van der Waals surface area contributed by atoms with Gasteiger partial charge in [-0.2, -0.15) is 0 Å². The average molecular weight is 593 g/mol. The van der Waals surface area contributed by atoms with Gasteiger partial charge in [0.25, 0.3) is 0 Å². The Kier molecular flexibility index (Phi) is 5.19. The number of aromatic nitrogens is 3. The van der Waals surface area contributed by atoms with Crippen LogP contribution in [0.4, 0.5) is 17.1 Å². The summed E-state index contributed by atoms with van der Waals surface area (Å²) in [5.74, 6) is 0. The van der Waals surface area contributed by atoms with E-state index < -0.39 is 0 Å². The van der Waals surface area contributed by atoms with Crippen molar-refractivity contribution in [2.45, 2.75) is 0 Å². The van der Waals surface area contributed by atoms with Crippen LogP contribution in [0.25, 0.3) is 71.4 Å². The second-order valence-corrected chi connectivity index (χ2v) is 11.5. The monoisotopic (exact) mass is 592 g/mol. The molecule has 10 rings (SSSR count). The van der Waals surface area contributed by atoms with Crippen LogP contribution in [0.2, 0.25) is 0 Å². The highest BCUT2D eigenvalue weighted by molar-refractivity contribution is 6.10. The Labute approximate surface area is 262 Å². The molecule has 0 aliphatic heterocycles. The van der Waals surface area contributed by atoms with Crippen molar-refractivity contribution in [3.05, 3.63) is 146 Å². The Balaban J connectivity index is 1.18. The van der Waals surface area contributed by atoms with Gasteiger partial charge in [-0.15, -0.1) is 0 Å². The van der Waals surface area contributed by atoms with Crippen molar-refractivity contribution in [2.75, 3.05) is 4.90 Å². The topological polar surface area (TPSA) is 60.2 Å². The van der Waals surface area contributed by atoms with Crippen molar-refractivity contribution < 1.29 is 8.83 Å². The molecule has 6 nitrogen and oxygen atoms in total. The maximum atomic E-state index is 6.12. The summed E-state index contributed by atoms with van der Waals surface area (Å²) in [7, 11) is 0. The van der Waals surface area contributed by atoms with Crippen molar-refractivity contribution in [1.29, 1.82) is 0 Å². The van der Waals surface area contributed by atoms with Crippen LogP contribution < -0.4 is 4.90 Å². The lowest BCUT2D eigenvalue weighted by Crippen LogP contribution is -2.10. The van der Waals surface area contributed by atoms with Gasteiger partial charge < -0.3 is 18.3 Å². The number of anilines is 3. The van der Waals surface area contributed by atoms with Crippen molar-refractivity contribution in [1.82, 2.24) is 14.5 Å². The van der Waals surface area contributed by atoms with Gasteiger partial charge in [0.05, 0.1) is 23.4 Å². The molecule has 5 aromatic carbocycles. The quantitative estimate of drug-likeness (QED) is 0.203. The molecule has 6 heteroatoms. The van der Waals surface area contributed by atoms with Gasteiger partial charge in [-0.05, 0) is 84.9 Å². The highest BCUT2D eigenvalue weighted by atomic mass is 16.3. The van der Waals surface area contributed by atoms with Crippen LogP contribution in [-0.2, 0) is 0 Å². The summed E-state index contributed by atoms with van der Waals surface area (Å²) in [6, 6.07) is 42.7. The molecular weight excluding hydrogens is 568 g/mol. The number of hydrogen-bond acceptors (Lipinski definition) is 5. The highest BCUT2D eigenvalue weighted by Gasteiger charge is 2.18. The first kappa shape index (κ1) is 25.0. The fraction of sp³-hybridized carbons (Fsp3) is 0. The minimum atomic E-state index is 0.775. The normalized spacial score (nSPS) is 11.9. The van der Waals surface area contributed by atoms with Crippen LogP contribution in [0.5, 0.6) is 0 Å².